The quantitative estimate of drug-likeness (QED) is 0.0261. The lowest BCUT2D eigenvalue weighted by Gasteiger charge is -2.18. The summed E-state index contributed by atoms with van der Waals surface area (Å²) < 4.78 is 16.9. The van der Waals surface area contributed by atoms with Crippen molar-refractivity contribution in [3.8, 4) is 0 Å². The molecule has 418 valence electrons. The smallest absolute Gasteiger partial charge is 0.306 e. The Morgan fingerprint density at radius 1 is 0.292 bits per heavy atom. The van der Waals surface area contributed by atoms with Crippen molar-refractivity contribution in [2.45, 2.75) is 329 Å². The summed E-state index contributed by atoms with van der Waals surface area (Å²) in [6, 6.07) is 0. The third kappa shape index (κ3) is 58.0. The van der Waals surface area contributed by atoms with Crippen LogP contribution in [-0.4, -0.2) is 37.2 Å². The second kappa shape index (κ2) is 60.7. The van der Waals surface area contributed by atoms with Gasteiger partial charge in [0.2, 0.25) is 0 Å². The maximum Gasteiger partial charge on any atom is 0.306 e. The third-order valence-corrected chi connectivity index (χ3v) is 13.8. The highest BCUT2D eigenvalue weighted by molar-refractivity contribution is 5.71. The molecule has 0 aromatic heterocycles. The van der Waals surface area contributed by atoms with E-state index in [4.69, 9.17) is 14.2 Å². The van der Waals surface area contributed by atoms with Gasteiger partial charge in [0.05, 0.1) is 0 Å². The van der Waals surface area contributed by atoms with Crippen molar-refractivity contribution in [1.82, 2.24) is 0 Å². The maximum absolute atomic E-state index is 12.9. The summed E-state index contributed by atoms with van der Waals surface area (Å²) in [6.07, 6.45) is 76.5. The first-order chi connectivity index (χ1) is 35.5. The molecule has 0 rings (SSSR count). The van der Waals surface area contributed by atoms with Gasteiger partial charge in [-0.05, 0) is 83.5 Å². The summed E-state index contributed by atoms with van der Waals surface area (Å²) in [5.41, 5.74) is 0. The second-order valence-corrected chi connectivity index (χ2v) is 20.9. The third-order valence-electron chi connectivity index (χ3n) is 13.8. The van der Waals surface area contributed by atoms with E-state index in [0.717, 1.165) is 89.9 Å². The first kappa shape index (κ1) is 69.1. The number of allylic oxidation sites excluding steroid dienone is 10. The standard InChI is InChI=1S/C66H118O6/c1-4-7-10-13-16-19-22-25-27-29-31-32-33-34-36-37-39-41-44-47-50-53-56-59-65(68)71-62-63(61-70-64(67)58-55-52-49-46-43-24-21-18-15-12-9-6-3)72-66(69)60-57-54-51-48-45-42-40-38-35-30-28-26-23-20-17-14-11-8-5-2/h7,10,16,18-19,21,25,27,31-32,63H,4-6,8-9,11-15,17,20,22-24,26,28-30,33-62H2,1-3H3/b10-7-,19-16-,21-18-,27-25-,32-31-. The Morgan fingerprint density at radius 3 is 0.889 bits per heavy atom. The number of ether oxygens (including phenoxy) is 3. The van der Waals surface area contributed by atoms with E-state index >= 15 is 0 Å². The van der Waals surface area contributed by atoms with Gasteiger partial charge in [-0.25, -0.2) is 0 Å². The summed E-state index contributed by atoms with van der Waals surface area (Å²) in [5, 5.41) is 0. The van der Waals surface area contributed by atoms with E-state index in [-0.39, 0.29) is 31.1 Å². The van der Waals surface area contributed by atoms with Crippen LogP contribution in [0, 0.1) is 0 Å². The molecule has 0 fully saturated rings. The fourth-order valence-corrected chi connectivity index (χ4v) is 9.08. The van der Waals surface area contributed by atoms with Gasteiger partial charge in [0.25, 0.3) is 0 Å². The van der Waals surface area contributed by atoms with Crippen LogP contribution < -0.4 is 0 Å². The van der Waals surface area contributed by atoms with Crippen molar-refractivity contribution in [1.29, 1.82) is 0 Å². The van der Waals surface area contributed by atoms with E-state index in [0.29, 0.717) is 19.3 Å². The molecule has 0 saturated carbocycles. The Morgan fingerprint density at radius 2 is 0.542 bits per heavy atom. The topological polar surface area (TPSA) is 78.9 Å². The van der Waals surface area contributed by atoms with Gasteiger partial charge in [-0.2, -0.15) is 0 Å². The summed E-state index contributed by atoms with van der Waals surface area (Å²) in [4.78, 5) is 38.2. The summed E-state index contributed by atoms with van der Waals surface area (Å²) in [7, 11) is 0. The molecule has 0 aromatic carbocycles. The molecular weight excluding hydrogens is 889 g/mol. The van der Waals surface area contributed by atoms with Crippen molar-refractivity contribution in [3.05, 3.63) is 60.8 Å². The van der Waals surface area contributed by atoms with E-state index < -0.39 is 6.10 Å². The van der Waals surface area contributed by atoms with Gasteiger partial charge in [0, 0.05) is 19.3 Å². The Labute approximate surface area is 447 Å². The average molecular weight is 1010 g/mol. The minimum atomic E-state index is -0.777. The monoisotopic (exact) mass is 1010 g/mol. The highest BCUT2D eigenvalue weighted by atomic mass is 16.6. The van der Waals surface area contributed by atoms with Crippen LogP contribution in [0.2, 0.25) is 0 Å². The zero-order valence-corrected chi connectivity index (χ0v) is 47.9. The SMILES string of the molecule is CC/C=C\C/C=C\C/C=C\C/C=C\CCCCCCCCCCCCC(=O)OCC(COC(=O)CCCCCCC/C=C\CCCCC)OC(=O)CCCCCCCCCCCCCCCCCCCCC. The number of hydrogen-bond acceptors (Lipinski definition) is 6. The molecule has 1 unspecified atom stereocenters. The van der Waals surface area contributed by atoms with E-state index in [2.05, 4.69) is 81.5 Å². The van der Waals surface area contributed by atoms with E-state index in [1.165, 1.54) is 193 Å². The fourth-order valence-electron chi connectivity index (χ4n) is 9.08. The van der Waals surface area contributed by atoms with Crippen molar-refractivity contribution in [3.63, 3.8) is 0 Å². The zero-order chi connectivity index (χ0) is 52.2. The number of rotatable bonds is 57. The lowest BCUT2D eigenvalue weighted by molar-refractivity contribution is -0.167. The first-order valence-corrected chi connectivity index (χ1v) is 31.3. The number of esters is 3. The van der Waals surface area contributed by atoms with Gasteiger partial charge in [-0.15, -0.1) is 0 Å². The molecule has 0 aromatic rings. The van der Waals surface area contributed by atoms with Gasteiger partial charge in [0.15, 0.2) is 6.10 Å². The lowest BCUT2D eigenvalue weighted by Crippen LogP contribution is -2.30. The molecule has 0 saturated heterocycles. The summed E-state index contributed by atoms with van der Waals surface area (Å²) >= 11 is 0. The summed E-state index contributed by atoms with van der Waals surface area (Å²) in [6.45, 7) is 6.54. The van der Waals surface area contributed by atoms with Gasteiger partial charge < -0.3 is 14.2 Å². The van der Waals surface area contributed by atoms with E-state index in [9.17, 15) is 14.4 Å². The minimum absolute atomic E-state index is 0.0759. The van der Waals surface area contributed by atoms with Crippen molar-refractivity contribution >= 4 is 17.9 Å². The molecule has 0 aliphatic heterocycles. The van der Waals surface area contributed by atoms with Crippen molar-refractivity contribution in [2.24, 2.45) is 0 Å². The number of hydrogen-bond donors (Lipinski definition) is 0. The predicted octanol–water partition coefficient (Wildman–Crippen LogP) is 21.2. The minimum Gasteiger partial charge on any atom is -0.462 e. The molecular formula is C66H118O6. The highest BCUT2D eigenvalue weighted by Gasteiger charge is 2.19. The number of carbonyl (C=O) groups excluding carboxylic acids is 3. The predicted molar refractivity (Wildman–Crippen MR) is 312 cm³/mol. The summed E-state index contributed by atoms with van der Waals surface area (Å²) in [5.74, 6) is -0.871. The molecule has 1 atom stereocenters. The molecule has 6 heteroatoms. The van der Waals surface area contributed by atoms with Gasteiger partial charge in [-0.1, -0.05) is 281 Å². The Hall–Kier alpha value is -2.89. The van der Waals surface area contributed by atoms with Crippen LogP contribution in [0.15, 0.2) is 60.8 Å². The molecule has 0 heterocycles. The Kier molecular flexibility index (Phi) is 58.2. The molecule has 72 heavy (non-hydrogen) atoms. The number of carbonyl (C=O) groups is 3. The van der Waals surface area contributed by atoms with Crippen LogP contribution in [0.4, 0.5) is 0 Å². The van der Waals surface area contributed by atoms with Crippen LogP contribution in [0.1, 0.15) is 323 Å². The fraction of sp³-hybridized carbons (Fsp3) is 0.803. The molecule has 0 bridgehead atoms. The van der Waals surface area contributed by atoms with Crippen molar-refractivity contribution in [2.75, 3.05) is 13.2 Å². The molecule has 0 aliphatic carbocycles. The van der Waals surface area contributed by atoms with Crippen LogP contribution in [-0.2, 0) is 28.6 Å². The van der Waals surface area contributed by atoms with Gasteiger partial charge in [-0.3, -0.25) is 14.4 Å². The maximum atomic E-state index is 12.9. The molecule has 0 aliphatic rings. The van der Waals surface area contributed by atoms with Crippen molar-refractivity contribution < 1.29 is 28.6 Å². The molecule has 0 amide bonds. The van der Waals surface area contributed by atoms with E-state index in [1.54, 1.807) is 0 Å². The lowest BCUT2D eigenvalue weighted by atomic mass is 10.0. The largest absolute Gasteiger partial charge is 0.462 e. The van der Waals surface area contributed by atoms with E-state index in [1.807, 2.05) is 0 Å². The van der Waals surface area contributed by atoms with Crippen LogP contribution in [0.5, 0.6) is 0 Å². The number of unbranched alkanes of at least 4 members (excludes halogenated alkanes) is 36. The zero-order valence-electron chi connectivity index (χ0n) is 47.9. The first-order valence-electron chi connectivity index (χ1n) is 31.3. The van der Waals surface area contributed by atoms with Crippen LogP contribution in [0.25, 0.3) is 0 Å². The molecule has 0 spiro atoms. The Bertz CT molecular complexity index is 1290. The van der Waals surface area contributed by atoms with Gasteiger partial charge >= 0.3 is 17.9 Å². The highest BCUT2D eigenvalue weighted by Crippen LogP contribution is 2.17. The Balaban J connectivity index is 4.29. The van der Waals surface area contributed by atoms with Crippen LogP contribution in [0.3, 0.4) is 0 Å². The normalized spacial score (nSPS) is 12.4. The average Bonchev–Trinajstić information content (AvgIpc) is 3.38. The molecule has 0 radical (unpaired) electrons. The molecule has 0 N–H and O–H groups in total. The van der Waals surface area contributed by atoms with Gasteiger partial charge in [0.1, 0.15) is 13.2 Å². The molecule has 6 nitrogen and oxygen atoms in total. The second-order valence-electron chi connectivity index (χ2n) is 20.9. The van der Waals surface area contributed by atoms with Crippen LogP contribution >= 0.6 is 0 Å².